The molecule has 3 aliphatic rings. The summed E-state index contributed by atoms with van der Waals surface area (Å²) in [5, 5.41) is 0. The summed E-state index contributed by atoms with van der Waals surface area (Å²) in [7, 11) is 0. The number of likely N-dealkylation sites (tertiary alicyclic amines) is 3. The van der Waals surface area contributed by atoms with E-state index in [-0.39, 0.29) is 6.04 Å². The monoisotopic (exact) mass is 279 g/mol. The Morgan fingerprint density at radius 2 is 1.70 bits per heavy atom. The lowest BCUT2D eigenvalue weighted by molar-refractivity contribution is -0.135. The van der Waals surface area contributed by atoms with Crippen molar-refractivity contribution in [2.75, 3.05) is 45.8 Å². The molecule has 114 valence electrons. The summed E-state index contributed by atoms with van der Waals surface area (Å²) < 4.78 is 0. The van der Waals surface area contributed by atoms with Gasteiger partial charge in [0.15, 0.2) is 0 Å². The Bertz CT molecular complexity index is 335. The molecule has 0 spiro atoms. The van der Waals surface area contributed by atoms with Gasteiger partial charge in [-0.15, -0.1) is 0 Å². The maximum atomic E-state index is 12.5. The molecule has 0 radical (unpaired) electrons. The van der Waals surface area contributed by atoms with E-state index in [1.165, 1.54) is 51.7 Å². The molecule has 0 bridgehead atoms. The summed E-state index contributed by atoms with van der Waals surface area (Å²) in [5.74, 6) is 1.14. The fraction of sp³-hybridized carbons (Fsp3) is 0.938. The lowest BCUT2D eigenvalue weighted by Gasteiger charge is -2.28. The van der Waals surface area contributed by atoms with E-state index < -0.39 is 0 Å². The molecule has 3 heterocycles. The number of nitrogens with zero attached hydrogens (tertiary/aromatic N) is 3. The minimum atomic E-state index is 0.0941. The first-order valence-corrected chi connectivity index (χ1v) is 8.49. The summed E-state index contributed by atoms with van der Waals surface area (Å²) >= 11 is 0. The standard InChI is InChI=1S/C16H29N3O/c1-14(16(20)18-9-4-5-10-18)19-11-6-15(13-19)12-17-7-2-3-8-17/h14-15H,2-13H2,1H3/t14-,15-/m1/s1. The third kappa shape index (κ3) is 3.17. The highest BCUT2D eigenvalue weighted by Crippen LogP contribution is 2.23. The fourth-order valence-electron chi connectivity index (χ4n) is 4.05. The van der Waals surface area contributed by atoms with Gasteiger partial charge in [0.1, 0.15) is 0 Å². The zero-order valence-electron chi connectivity index (χ0n) is 12.9. The smallest absolute Gasteiger partial charge is 0.239 e. The molecule has 0 aliphatic carbocycles. The Labute approximate surface area is 123 Å². The second-order valence-corrected chi connectivity index (χ2v) is 6.87. The maximum Gasteiger partial charge on any atom is 0.239 e. The Balaban J connectivity index is 1.47. The van der Waals surface area contributed by atoms with Crippen LogP contribution in [0.3, 0.4) is 0 Å². The molecule has 1 amide bonds. The number of hydrogen-bond acceptors (Lipinski definition) is 3. The van der Waals surface area contributed by atoms with Gasteiger partial charge in [-0.05, 0) is 64.6 Å². The van der Waals surface area contributed by atoms with Gasteiger partial charge in [-0.3, -0.25) is 9.69 Å². The van der Waals surface area contributed by atoms with Gasteiger partial charge in [0.05, 0.1) is 6.04 Å². The topological polar surface area (TPSA) is 26.8 Å². The van der Waals surface area contributed by atoms with Crippen molar-refractivity contribution < 1.29 is 4.79 Å². The van der Waals surface area contributed by atoms with Gasteiger partial charge >= 0.3 is 0 Å². The number of hydrogen-bond donors (Lipinski definition) is 0. The van der Waals surface area contributed by atoms with Crippen LogP contribution in [0.15, 0.2) is 0 Å². The van der Waals surface area contributed by atoms with Gasteiger partial charge in [-0.25, -0.2) is 0 Å². The Hall–Kier alpha value is -0.610. The second-order valence-electron chi connectivity index (χ2n) is 6.87. The van der Waals surface area contributed by atoms with Crippen LogP contribution in [0.2, 0.25) is 0 Å². The van der Waals surface area contributed by atoms with E-state index in [0.29, 0.717) is 5.91 Å². The maximum absolute atomic E-state index is 12.5. The van der Waals surface area contributed by atoms with E-state index in [1.807, 2.05) is 0 Å². The number of amides is 1. The summed E-state index contributed by atoms with van der Waals surface area (Å²) in [4.78, 5) is 19.6. The molecule has 0 aromatic carbocycles. The molecule has 3 fully saturated rings. The van der Waals surface area contributed by atoms with Crippen molar-refractivity contribution in [1.82, 2.24) is 14.7 Å². The quantitative estimate of drug-likeness (QED) is 0.778. The average Bonchev–Trinajstić information content (AvgIpc) is 3.19. The van der Waals surface area contributed by atoms with Crippen LogP contribution in [-0.4, -0.2) is 72.5 Å². The molecule has 4 nitrogen and oxygen atoms in total. The van der Waals surface area contributed by atoms with Crippen molar-refractivity contribution in [3.8, 4) is 0 Å². The van der Waals surface area contributed by atoms with E-state index in [2.05, 4.69) is 21.6 Å². The Kier molecular flexibility index (Phi) is 4.61. The van der Waals surface area contributed by atoms with Crippen molar-refractivity contribution in [1.29, 1.82) is 0 Å². The van der Waals surface area contributed by atoms with Crippen molar-refractivity contribution in [2.45, 2.75) is 45.1 Å². The number of carbonyl (C=O) groups excluding carboxylic acids is 1. The second kappa shape index (κ2) is 6.44. The molecule has 3 rings (SSSR count). The lowest BCUT2D eigenvalue weighted by atomic mass is 10.1. The van der Waals surface area contributed by atoms with Crippen LogP contribution in [0.25, 0.3) is 0 Å². The molecule has 0 aromatic heterocycles. The highest BCUT2D eigenvalue weighted by Gasteiger charge is 2.33. The van der Waals surface area contributed by atoms with Gasteiger partial charge in [0, 0.05) is 26.2 Å². The highest BCUT2D eigenvalue weighted by atomic mass is 16.2. The minimum Gasteiger partial charge on any atom is -0.341 e. The van der Waals surface area contributed by atoms with Crippen molar-refractivity contribution >= 4 is 5.91 Å². The predicted octanol–water partition coefficient (Wildman–Crippen LogP) is 1.42. The third-order valence-electron chi connectivity index (χ3n) is 5.36. The van der Waals surface area contributed by atoms with Crippen molar-refractivity contribution in [2.24, 2.45) is 5.92 Å². The predicted molar refractivity (Wildman–Crippen MR) is 80.6 cm³/mol. The molecule has 3 aliphatic heterocycles. The molecule has 20 heavy (non-hydrogen) atoms. The highest BCUT2D eigenvalue weighted by molar-refractivity contribution is 5.81. The first-order valence-electron chi connectivity index (χ1n) is 8.49. The van der Waals surface area contributed by atoms with Gasteiger partial charge in [0.25, 0.3) is 0 Å². The van der Waals surface area contributed by atoms with Crippen LogP contribution in [0.1, 0.15) is 39.0 Å². The van der Waals surface area contributed by atoms with Crippen LogP contribution in [0.4, 0.5) is 0 Å². The Morgan fingerprint density at radius 1 is 1.05 bits per heavy atom. The molecule has 0 saturated carbocycles. The van der Waals surface area contributed by atoms with E-state index in [9.17, 15) is 4.79 Å². The van der Waals surface area contributed by atoms with Crippen LogP contribution in [0, 0.1) is 5.92 Å². The van der Waals surface area contributed by atoms with Crippen molar-refractivity contribution in [3.05, 3.63) is 0 Å². The average molecular weight is 279 g/mol. The largest absolute Gasteiger partial charge is 0.341 e. The van der Waals surface area contributed by atoms with E-state index >= 15 is 0 Å². The fourth-order valence-corrected chi connectivity index (χ4v) is 4.05. The van der Waals surface area contributed by atoms with Gasteiger partial charge in [0.2, 0.25) is 5.91 Å². The molecule has 0 unspecified atom stereocenters. The summed E-state index contributed by atoms with van der Waals surface area (Å²) in [6.07, 6.45) is 6.40. The summed E-state index contributed by atoms with van der Waals surface area (Å²) in [6, 6.07) is 0.0941. The van der Waals surface area contributed by atoms with Gasteiger partial charge in [-0.1, -0.05) is 0 Å². The van der Waals surface area contributed by atoms with E-state index in [1.54, 1.807) is 0 Å². The lowest BCUT2D eigenvalue weighted by Crippen LogP contribution is -2.45. The molecule has 2 atom stereocenters. The Morgan fingerprint density at radius 3 is 2.40 bits per heavy atom. The zero-order valence-corrected chi connectivity index (χ0v) is 12.9. The first kappa shape index (κ1) is 14.3. The number of carbonyl (C=O) groups is 1. The van der Waals surface area contributed by atoms with Crippen LogP contribution < -0.4 is 0 Å². The molecule has 0 aromatic rings. The molecule has 0 N–H and O–H groups in total. The van der Waals surface area contributed by atoms with Gasteiger partial charge in [-0.2, -0.15) is 0 Å². The molecular formula is C16H29N3O. The van der Waals surface area contributed by atoms with Crippen LogP contribution >= 0.6 is 0 Å². The normalized spacial score (nSPS) is 30.2. The molecular weight excluding hydrogens is 250 g/mol. The molecule has 3 saturated heterocycles. The summed E-state index contributed by atoms with van der Waals surface area (Å²) in [6.45, 7) is 10.1. The minimum absolute atomic E-state index is 0.0941. The number of rotatable bonds is 4. The first-order chi connectivity index (χ1) is 9.74. The van der Waals surface area contributed by atoms with Crippen LogP contribution in [-0.2, 0) is 4.79 Å². The SMILES string of the molecule is C[C@H](C(=O)N1CCCC1)N1CC[C@H](CN2CCCC2)C1. The van der Waals surface area contributed by atoms with Gasteiger partial charge < -0.3 is 9.80 Å². The third-order valence-corrected chi connectivity index (χ3v) is 5.36. The zero-order chi connectivity index (χ0) is 13.9. The van der Waals surface area contributed by atoms with Crippen LogP contribution in [0.5, 0.6) is 0 Å². The van der Waals surface area contributed by atoms with Crippen molar-refractivity contribution in [3.63, 3.8) is 0 Å². The summed E-state index contributed by atoms with van der Waals surface area (Å²) in [5.41, 5.74) is 0. The van der Waals surface area contributed by atoms with E-state index in [4.69, 9.17) is 0 Å². The molecule has 4 heteroatoms. The van der Waals surface area contributed by atoms with E-state index in [0.717, 1.165) is 32.1 Å².